The minimum Gasteiger partial charge on any atom is -0.339 e. The molecule has 0 aliphatic heterocycles. The Balaban J connectivity index is 1.86. The Morgan fingerprint density at radius 3 is 2.62 bits per heavy atom. The smallest absolute Gasteiger partial charge is 0.178 e. The number of nitrogens with one attached hydrogen (secondary N) is 1. The Labute approximate surface area is 200 Å². The number of hydrogen-bond acceptors (Lipinski definition) is 5. The number of aromatic nitrogens is 2. The second-order valence-electron chi connectivity index (χ2n) is 9.10. The van der Waals surface area contributed by atoms with E-state index < -0.39 is 9.84 Å². The lowest BCUT2D eigenvalue weighted by Crippen LogP contribution is -2.13. The number of ketones is 1. The molecule has 178 valence electrons. The number of Topliss-reactive ketones (excluding diaryl/α,β-unsaturated/α-hetero) is 1. The first-order valence-corrected chi connectivity index (χ1v) is 13.3. The average molecular weight is 478 g/mol. The monoisotopic (exact) mass is 477 g/mol. The number of carbonyl (C=O) groups excluding carboxylic acids is 1. The van der Waals surface area contributed by atoms with Gasteiger partial charge in [0.25, 0.3) is 0 Å². The van der Waals surface area contributed by atoms with Crippen molar-refractivity contribution in [3.05, 3.63) is 59.8 Å². The lowest BCUT2D eigenvalue weighted by atomic mass is 9.94. The predicted molar refractivity (Wildman–Crippen MR) is 138 cm³/mol. The summed E-state index contributed by atoms with van der Waals surface area (Å²) in [6.07, 6.45) is 4.06. The van der Waals surface area contributed by atoms with Gasteiger partial charge in [0.1, 0.15) is 5.65 Å². The minimum absolute atomic E-state index is 0.0353. The first kappa shape index (κ1) is 24.1. The Morgan fingerprint density at radius 1 is 1.09 bits per heavy atom. The van der Waals surface area contributed by atoms with Crippen molar-refractivity contribution < 1.29 is 13.2 Å². The van der Waals surface area contributed by atoms with E-state index in [4.69, 9.17) is 0 Å². The zero-order valence-electron chi connectivity index (χ0n) is 20.2. The maximum Gasteiger partial charge on any atom is 0.178 e. The second kappa shape index (κ2) is 9.68. The molecule has 0 saturated carbocycles. The van der Waals surface area contributed by atoms with Gasteiger partial charge in [0.2, 0.25) is 0 Å². The molecular weight excluding hydrogens is 446 g/mol. The van der Waals surface area contributed by atoms with E-state index in [0.29, 0.717) is 12.0 Å². The molecular formula is C27H31N3O3S. The molecule has 0 fully saturated rings. The first-order chi connectivity index (χ1) is 16.2. The van der Waals surface area contributed by atoms with Gasteiger partial charge in [-0.2, -0.15) is 0 Å². The number of H-pyrrole nitrogens is 1. The van der Waals surface area contributed by atoms with Gasteiger partial charge in [0, 0.05) is 34.5 Å². The largest absolute Gasteiger partial charge is 0.339 e. The molecule has 6 nitrogen and oxygen atoms in total. The Bertz CT molecular complexity index is 1470. The Hall–Kier alpha value is -3.03. The van der Waals surface area contributed by atoms with Gasteiger partial charge >= 0.3 is 0 Å². The van der Waals surface area contributed by atoms with Crippen LogP contribution in [-0.4, -0.2) is 55.5 Å². The van der Waals surface area contributed by atoms with Crippen LogP contribution in [0.2, 0.25) is 0 Å². The topological polar surface area (TPSA) is 83.1 Å². The van der Waals surface area contributed by atoms with E-state index in [2.05, 4.69) is 20.9 Å². The number of nitrogens with zero attached hydrogens (tertiary/aromatic N) is 2. The first-order valence-electron chi connectivity index (χ1n) is 11.6. The van der Waals surface area contributed by atoms with Crippen molar-refractivity contribution in [3.63, 3.8) is 0 Å². The fourth-order valence-electron chi connectivity index (χ4n) is 4.29. The van der Waals surface area contributed by atoms with Crippen molar-refractivity contribution in [1.82, 2.24) is 14.9 Å². The Morgan fingerprint density at radius 2 is 1.88 bits per heavy atom. The van der Waals surface area contributed by atoms with E-state index in [1.807, 2.05) is 45.4 Å². The summed E-state index contributed by atoms with van der Waals surface area (Å²) in [5, 5.41) is 1.90. The summed E-state index contributed by atoms with van der Waals surface area (Å²) in [6, 6.07) is 12.9. The van der Waals surface area contributed by atoms with E-state index in [1.54, 1.807) is 25.1 Å². The van der Waals surface area contributed by atoms with Crippen molar-refractivity contribution in [2.24, 2.45) is 0 Å². The number of unbranched alkanes of at least 4 members (excludes halogenated alkanes) is 1. The van der Waals surface area contributed by atoms with Crippen LogP contribution in [0.25, 0.3) is 33.1 Å². The number of sulfone groups is 1. The molecule has 1 N–H and O–H groups in total. The number of pyridine rings is 1. The van der Waals surface area contributed by atoms with Crippen LogP contribution in [0.3, 0.4) is 0 Å². The fraction of sp³-hybridized carbons (Fsp3) is 0.333. The Kier molecular flexibility index (Phi) is 6.86. The van der Waals surface area contributed by atoms with Gasteiger partial charge < -0.3 is 9.88 Å². The molecule has 4 aromatic rings. The van der Waals surface area contributed by atoms with Gasteiger partial charge in [-0.1, -0.05) is 19.1 Å². The molecule has 0 spiro atoms. The summed E-state index contributed by atoms with van der Waals surface area (Å²) in [7, 11) is 0.699. The van der Waals surface area contributed by atoms with E-state index in [0.717, 1.165) is 58.0 Å². The summed E-state index contributed by atoms with van der Waals surface area (Å²) >= 11 is 0. The summed E-state index contributed by atoms with van der Waals surface area (Å²) in [5.41, 5.74) is 4.83. The molecule has 2 aromatic carbocycles. The van der Waals surface area contributed by atoms with Crippen molar-refractivity contribution in [3.8, 4) is 11.1 Å². The van der Waals surface area contributed by atoms with Crippen LogP contribution in [0, 0.1) is 6.92 Å². The van der Waals surface area contributed by atoms with Gasteiger partial charge in [-0.3, -0.25) is 4.79 Å². The molecule has 0 aliphatic rings. The molecule has 0 saturated heterocycles. The lowest BCUT2D eigenvalue weighted by Gasteiger charge is -2.11. The molecule has 0 unspecified atom stereocenters. The molecule has 0 atom stereocenters. The van der Waals surface area contributed by atoms with Gasteiger partial charge in [-0.25, -0.2) is 13.4 Å². The third kappa shape index (κ3) is 4.91. The summed E-state index contributed by atoms with van der Waals surface area (Å²) < 4.78 is 25.1. The zero-order chi connectivity index (χ0) is 24.5. The third-order valence-electron chi connectivity index (χ3n) is 6.15. The number of carbonyl (C=O) groups is 1. The quantitative estimate of drug-likeness (QED) is 0.258. The van der Waals surface area contributed by atoms with Crippen LogP contribution >= 0.6 is 0 Å². The number of benzene rings is 2. The zero-order valence-corrected chi connectivity index (χ0v) is 21.0. The van der Waals surface area contributed by atoms with Crippen LogP contribution in [0.15, 0.2) is 53.6 Å². The molecule has 2 heterocycles. The molecule has 4 rings (SSSR count). The van der Waals surface area contributed by atoms with Crippen LogP contribution in [-0.2, 0) is 9.84 Å². The lowest BCUT2D eigenvalue weighted by molar-refractivity contribution is 0.0978. The summed E-state index contributed by atoms with van der Waals surface area (Å²) in [6.45, 7) is 4.58. The number of aryl methyl sites for hydroxylation is 1. The second-order valence-corrected chi connectivity index (χ2v) is 11.4. The number of aromatic amines is 1. The van der Waals surface area contributed by atoms with Gasteiger partial charge in [0.05, 0.1) is 10.6 Å². The highest BCUT2D eigenvalue weighted by molar-refractivity contribution is 7.91. The molecule has 2 aromatic heterocycles. The highest BCUT2D eigenvalue weighted by atomic mass is 32.2. The van der Waals surface area contributed by atoms with Crippen molar-refractivity contribution in [1.29, 1.82) is 0 Å². The summed E-state index contributed by atoms with van der Waals surface area (Å²) in [4.78, 5) is 23.4. The molecule has 34 heavy (non-hydrogen) atoms. The molecule has 0 amide bonds. The molecule has 0 radical (unpaired) electrons. The maximum atomic E-state index is 13.1. The molecule has 7 heteroatoms. The van der Waals surface area contributed by atoms with Gasteiger partial charge in [-0.15, -0.1) is 0 Å². The van der Waals surface area contributed by atoms with Gasteiger partial charge in [0.15, 0.2) is 15.6 Å². The average Bonchev–Trinajstić information content (AvgIpc) is 3.18. The number of hydrogen-bond donors (Lipinski definition) is 1. The van der Waals surface area contributed by atoms with E-state index in [9.17, 15) is 13.2 Å². The summed E-state index contributed by atoms with van der Waals surface area (Å²) in [5.74, 6) is 0.120. The van der Waals surface area contributed by atoms with E-state index in [1.165, 1.54) is 0 Å². The SMILES string of the molecule is CCS(=O)(=O)c1cccc(-c2cc(C(=O)CCCCN(C)C)cc3[nH]c4ncc(C)cc4c23)c1. The number of fused-ring (bicyclic) bond motifs is 3. The standard InChI is InChI=1S/C27H31N3O3S/c1-5-34(32,33)21-10-8-9-19(14-21)22-15-20(25(31)11-6-7-12-30(3)4)16-24-26(22)23-13-18(2)17-28-27(23)29-24/h8-10,13-17H,5-7,11-12H2,1-4H3,(H,28,29). The fourth-order valence-corrected chi connectivity index (χ4v) is 5.21. The van der Waals surface area contributed by atoms with Crippen molar-refractivity contribution >= 4 is 37.6 Å². The van der Waals surface area contributed by atoms with Gasteiger partial charge in [-0.05, 0) is 87.4 Å². The third-order valence-corrected chi connectivity index (χ3v) is 7.88. The molecule has 0 bridgehead atoms. The maximum absolute atomic E-state index is 13.1. The molecule has 0 aliphatic carbocycles. The minimum atomic E-state index is -3.36. The van der Waals surface area contributed by atoms with Crippen LogP contribution in [0.4, 0.5) is 0 Å². The van der Waals surface area contributed by atoms with Crippen LogP contribution < -0.4 is 0 Å². The number of rotatable bonds is 9. The normalized spacial score (nSPS) is 12.1. The van der Waals surface area contributed by atoms with E-state index >= 15 is 0 Å². The van der Waals surface area contributed by atoms with Crippen molar-refractivity contribution in [2.45, 2.75) is 38.0 Å². The highest BCUT2D eigenvalue weighted by Gasteiger charge is 2.18. The van der Waals surface area contributed by atoms with Crippen LogP contribution in [0.1, 0.15) is 42.1 Å². The van der Waals surface area contributed by atoms with E-state index in [-0.39, 0.29) is 16.4 Å². The predicted octanol–water partition coefficient (Wildman–Crippen LogP) is 5.40. The van der Waals surface area contributed by atoms with Crippen molar-refractivity contribution in [2.75, 3.05) is 26.4 Å². The highest BCUT2D eigenvalue weighted by Crippen LogP contribution is 2.36. The van der Waals surface area contributed by atoms with Crippen LogP contribution in [0.5, 0.6) is 0 Å².